The predicted octanol–water partition coefficient (Wildman–Crippen LogP) is 4.09. The Morgan fingerprint density at radius 2 is 1.85 bits per heavy atom. The Morgan fingerprint density at radius 3 is 2.48 bits per heavy atom. The number of carbonyl (C=O) groups is 1. The second kappa shape index (κ2) is 10.5. The van der Waals surface area contributed by atoms with Crippen LogP contribution >= 0.6 is 0 Å². The van der Waals surface area contributed by atoms with Crippen LogP contribution in [0.15, 0.2) is 67.0 Å². The molecular weight excluding hydrogens is 421 g/mol. The molecule has 7 heteroatoms. The number of rotatable bonds is 9. The van der Waals surface area contributed by atoms with Crippen LogP contribution in [0.2, 0.25) is 0 Å². The van der Waals surface area contributed by atoms with Gasteiger partial charge >= 0.3 is 0 Å². The molecule has 0 bridgehead atoms. The maximum absolute atomic E-state index is 13.6. The molecule has 2 aromatic carbocycles. The number of benzene rings is 2. The van der Waals surface area contributed by atoms with Gasteiger partial charge in [-0.15, -0.1) is 0 Å². The minimum absolute atomic E-state index is 0.00230. The molecule has 5 N–H and O–H groups in total. The Hall–Kier alpha value is -3.42. The number of aliphatic hydroxyl groups excluding tert-OH is 2. The molecule has 1 heterocycles. The molecule has 6 nitrogen and oxygen atoms in total. The van der Waals surface area contributed by atoms with E-state index in [-0.39, 0.29) is 30.5 Å². The molecule has 0 aliphatic carbocycles. The maximum atomic E-state index is 13.6. The van der Waals surface area contributed by atoms with E-state index < -0.39 is 18.1 Å². The van der Waals surface area contributed by atoms with Gasteiger partial charge in [0.25, 0.3) is 0 Å². The van der Waals surface area contributed by atoms with Gasteiger partial charge in [0.15, 0.2) is 0 Å². The molecule has 0 radical (unpaired) electrons. The van der Waals surface area contributed by atoms with Gasteiger partial charge in [0.1, 0.15) is 5.82 Å². The van der Waals surface area contributed by atoms with Crippen LogP contribution in [0.3, 0.4) is 0 Å². The third-order valence-corrected chi connectivity index (χ3v) is 5.31. The Labute approximate surface area is 192 Å². The number of amides is 1. The van der Waals surface area contributed by atoms with Crippen molar-refractivity contribution in [1.29, 1.82) is 0 Å². The number of fused-ring (bicyclic) bond motifs is 1. The lowest BCUT2D eigenvalue weighted by atomic mass is 10.0. The van der Waals surface area contributed by atoms with Gasteiger partial charge < -0.3 is 25.8 Å². The number of aliphatic hydroxyl groups is 2. The van der Waals surface area contributed by atoms with E-state index in [1.807, 2.05) is 30.3 Å². The van der Waals surface area contributed by atoms with Crippen LogP contribution in [0.25, 0.3) is 28.1 Å². The van der Waals surface area contributed by atoms with Crippen molar-refractivity contribution in [3.05, 3.63) is 78.5 Å². The van der Waals surface area contributed by atoms with Crippen LogP contribution in [-0.2, 0) is 4.79 Å². The summed E-state index contributed by atoms with van der Waals surface area (Å²) >= 11 is 0. The highest BCUT2D eigenvalue weighted by Gasteiger charge is 2.19. The number of nitrogens with zero attached hydrogens (tertiary/aromatic N) is 1. The number of hydrogen-bond donors (Lipinski definition) is 4. The normalized spacial score (nSPS) is 13.5. The van der Waals surface area contributed by atoms with Crippen molar-refractivity contribution < 1.29 is 19.4 Å². The van der Waals surface area contributed by atoms with Gasteiger partial charge in [-0.05, 0) is 43.7 Å². The van der Waals surface area contributed by atoms with Gasteiger partial charge in [0.2, 0.25) is 5.91 Å². The Kier molecular flexibility index (Phi) is 7.68. The van der Waals surface area contributed by atoms with Crippen molar-refractivity contribution in [2.75, 3.05) is 0 Å². The van der Waals surface area contributed by atoms with Crippen molar-refractivity contribution in [1.82, 2.24) is 9.88 Å². The molecule has 3 rings (SSSR count). The fraction of sp³-hybridized carbons (Fsp3) is 0.269. The highest BCUT2D eigenvalue weighted by Crippen LogP contribution is 2.38. The molecule has 0 unspecified atom stereocenters. The molecule has 2 atom stereocenters. The van der Waals surface area contributed by atoms with Crippen molar-refractivity contribution >= 4 is 22.9 Å². The SMILES string of the molecule is C=C(N)NC(=O)C[C@@H](O)C[C@@H](O)/C=C/c1c(-c2ccc(F)cc2)c2ccccc2n1C(C)C. The van der Waals surface area contributed by atoms with Crippen molar-refractivity contribution in [3.63, 3.8) is 0 Å². The predicted molar refractivity (Wildman–Crippen MR) is 129 cm³/mol. The van der Waals surface area contributed by atoms with E-state index in [1.165, 1.54) is 12.1 Å². The van der Waals surface area contributed by atoms with Crippen molar-refractivity contribution in [2.45, 2.75) is 44.9 Å². The highest BCUT2D eigenvalue weighted by molar-refractivity contribution is 6.01. The zero-order chi connectivity index (χ0) is 24.1. The van der Waals surface area contributed by atoms with E-state index in [0.717, 1.165) is 27.7 Å². The minimum atomic E-state index is -1.04. The molecule has 0 saturated carbocycles. The minimum Gasteiger partial charge on any atom is -0.392 e. The van der Waals surface area contributed by atoms with Gasteiger partial charge in [-0.25, -0.2) is 4.39 Å². The standard InChI is InChI=1S/C26H30FN3O3/c1-16(2)30-23-7-5-4-6-22(23)26(18-8-10-19(27)11-9-18)24(30)13-12-20(31)14-21(32)15-25(33)29-17(3)28/h4-13,16,20-21,31-32H,3,14-15,28H2,1-2H3,(H,29,33)/b13-12+/t20-,21-/m0/s1. The van der Waals surface area contributed by atoms with Crippen LogP contribution in [0.1, 0.15) is 38.4 Å². The van der Waals surface area contributed by atoms with E-state index in [1.54, 1.807) is 18.2 Å². The molecule has 174 valence electrons. The van der Waals surface area contributed by atoms with Crippen LogP contribution in [0.5, 0.6) is 0 Å². The molecule has 33 heavy (non-hydrogen) atoms. The summed E-state index contributed by atoms with van der Waals surface area (Å²) in [7, 11) is 0. The average Bonchev–Trinajstić information content (AvgIpc) is 3.06. The monoisotopic (exact) mass is 451 g/mol. The van der Waals surface area contributed by atoms with Crippen LogP contribution in [-0.4, -0.2) is 32.9 Å². The molecule has 3 aromatic rings. The van der Waals surface area contributed by atoms with Gasteiger partial charge in [-0.1, -0.05) is 43.0 Å². The summed E-state index contributed by atoms with van der Waals surface area (Å²) in [5, 5.41) is 24.0. The summed E-state index contributed by atoms with van der Waals surface area (Å²) < 4.78 is 15.7. The van der Waals surface area contributed by atoms with Crippen LogP contribution < -0.4 is 11.1 Å². The Balaban J connectivity index is 1.94. The first-order valence-corrected chi connectivity index (χ1v) is 10.8. The van der Waals surface area contributed by atoms with Gasteiger partial charge in [0.05, 0.1) is 24.4 Å². The van der Waals surface area contributed by atoms with E-state index in [9.17, 15) is 19.4 Å². The van der Waals surface area contributed by atoms with E-state index in [4.69, 9.17) is 5.73 Å². The molecular formula is C26H30FN3O3. The molecule has 0 fully saturated rings. The summed E-state index contributed by atoms with van der Waals surface area (Å²) in [5.74, 6) is -0.776. The molecule has 1 aromatic heterocycles. The number of carbonyl (C=O) groups excluding carboxylic acids is 1. The number of aromatic nitrogens is 1. The van der Waals surface area contributed by atoms with Gasteiger partial charge in [0, 0.05) is 34.6 Å². The fourth-order valence-electron chi connectivity index (χ4n) is 4.01. The second-order valence-corrected chi connectivity index (χ2v) is 8.34. The number of nitrogens with one attached hydrogen (secondary N) is 1. The van der Waals surface area contributed by atoms with Crippen LogP contribution in [0, 0.1) is 5.82 Å². The first kappa shape index (κ1) is 24.2. The lowest BCUT2D eigenvalue weighted by Crippen LogP contribution is -2.30. The number of hydrogen-bond acceptors (Lipinski definition) is 4. The second-order valence-electron chi connectivity index (χ2n) is 8.34. The molecule has 0 spiro atoms. The fourth-order valence-corrected chi connectivity index (χ4v) is 4.01. The summed E-state index contributed by atoms with van der Waals surface area (Å²) in [5.41, 5.74) is 9.02. The molecule has 0 aliphatic heterocycles. The summed E-state index contributed by atoms with van der Waals surface area (Å²) in [6.07, 6.45) is 1.18. The van der Waals surface area contributed by atoms with Gasteiger partial charge in [-0.2, -0.15) is 0 Å². The Morgan fingerprint density at radius 1 is 1.18 bits per heavy atom. The van der Waals surface area contributed by atoms with E-state index in [2.05, 4.69) is 30.3 Å². The van der Waals surface area contributed by atoms with Crippen LogP contribution in [0.4, 0.5) is 4.39 Å². The summed E-state index contributed by atoms with van der Waals surface area (Å²) in [6.45, 7) is 7.53. The molecule has 0 aliphatic rings. The third-order valence-electron chi connectivity index (χ3n) is 5.31. The zero-order valence-corrected chi connectivity index (χ0v) is 18.8. The van der Waals surface area contributed by atoms with Crippen molar-refractivity contribution in [2.24, 2.45) is 5.73 Å². The Bertz CT molecular complexity index is 1170. The first-order valence-electron chi connectivity index (χ1n) is 10.8. The van der Waals surface area contributed by atoms with Gasteiger partial charge in [-0.3, -0.25) is 4.79 Å². The largest absolute Gasteiger partial charge is 0.392 e. The lowest BCUT2D eigenvalue weighted by molar-refractivity contribution is -0.122. The maximum Gasteiger partial charge on any atom is 0.228 e. The lowest BCUT2D eigenvalue weighted by Gasteiger charge is -2.15. The first-order chi connectivity index (χ1) is 15.7. The number of nitrogens with two attached hydrogens (primary N) is 1. The smallest absolute Gasteiger partial charge is 0.228 e. The third kappa shape index (κ3) is 5.88. The number of halogens is 1. The average molecular weight is 452 g/mol. The highest BCUT2D eigenvalue weighted by atomic mass is 19.1. The quantitative estimate of drug-likeness (QED) is 0.394. The van der Waals surface area contributed by atoms with E-state index >= 15 is 0 Å². The molecule has 0 saturated heterocycles. The summed E-state index contributed by atoms with van der Waals surface area (Å²) in [4.78, 5) is 11.7. The zero-order valence-electron chi connectivity index (χ0n) is 18.8. The number of para-hydroxylation sites is 1. The topological polar surface area (TPSA) is 101 Å². The molecule has 1 amide bonds. The van der Waals surface area contributed by atoms with Crippen molar-refractivity contribution in [3.8, 4) is 11.1 Å². The summed E-state index contributed by atoms with van der Waals surface area (Å²) in [6, 6.07) is 14.4. The van der Waals surface area contributed by atoms with E-state index in [0.29, 0.717) is 0 Å².